The number of aromatic nitrogens is 2. The van der Waals surface area contributed by atoms with Crippen molar-refractivity contribution in [1.82, 2.24) is 20.0 Å². The van der Waals surface area contributed by atoms with Gasteiger partial charge in [0.15, 0.2) is 0 Å². The zero-order valence-electron chi connectivity index (χ0n) is 15.0. The number of carbonyl (C=O) groups excluding carboxylic acids is 1. The summed E-state index contributed by atoms with van der Waals surface area (Å²) in [4.78, 5) is 14.8. The molecule has 1 saturated heterocycles. The van der Waals surface area contributed by atoms with Gasteiger partial charge in [-0.3, -0.25) is 14.4 Å². The van der Waals surface area contributed by atoms with E-state index in [0.717, 1.165) is 57.8 Å². The van der Waals surface area contributed by atoms with Crippen LogP contribution in [0.3, 0.4) is 0 Å². The van der Waals surface area contributed by atoms with Crippen molar-refractivity contribution in [2.45, 2.75) is 25.9 Å². The molecular weight excluding hydrogens is 348 g/mol. The zero-order valence-corrected chi connectivity index (χ0v) is 15.8. The molecule has 2 aliphatic rings. The summed E-state index contributed by atoms with van der Waals surface area (Å²) in [7, 11) is 0. The van der Waals surface area contributed by atoms with Crippen LogP contribution in [0.15, 0.2) is 29.1 Å². The molecule has 0 aliphatic carbocycles. The van der Waals surface area contributed by atoms with Crippen LogP contribution in [0.1, 0.15) is 28.9 Å². The second-order valence-electron chi connectivity index (χ2n) is 7.34. The van der Waals surface area contributed by atoms with E-state index < -0.39 is 0 Å². The van der Waals surface area contributed by atoms with Crippen molar-refractivity contribution in [3.8, 4) is 0 Å². The van der Waals surface area contributed by atoms with Crippen molar-refractivity contribution in [3.63, 3.8) is 0 Å². The maximum Gasteiger partial charge on any atom is 0.252 e. The van der Waals surface area contributed by atoms with Crippen LogP contribution < -0.4 is 5.32 Å². The molecule has 2 aromatic heterocycles. The fraction of sp³-hybridized carbons (Fsp3) is 0.579. The van der Waals surface area contributed by atoms with Crippen molar-refractivity contribution >= 4 is 17.2 Å². The van der Waals surface area contributed by atoms with E-state index in [-0.39, 0.29) is 5.91 Å². The lowest BCUT2D eigenvalue weighted by molar-refractivity contribution is 0.0494. The van der Waals surface area contributed by atoms with Gasteiger partial charge in [0, 0.05) is 69.0 Å². The predicted octanol–water partition coefficient (Wildman–Crippen LogP) is 2.23. The Morgan fingerprint density at radius 1 is 1.27 bits per heavy atom. The highest BCUT2D eigenvalue weighted by molar-refractivity contribution is 7.08. The molecule has 2 aromatic rings. The van der Waals surface area contributed by atoms with E-state index in [1.54, 1.807) is 11.3 Å². The molecule has 0 saturated carbocycles. The Morgan fingerprint density at radius 3 is 2.96 bits per heavy atom. The van der Waals surface area contributed by atoms with Crippen LogP contribution in [0.5, 0.6) is 0 Å². The lowest BCUT2D eigenvalue weighted by atomic mass is 9.99. The van der Waals surface area contributed by atoms with Gasteiger partial charge in [0.25, 0.3) is 5.91 Å². The monoisotopic (exact) mass is 374 g/mol. The first-order valence-electron chi connectivity index (χ1n) is 9.39. The number of carbonyl (C=O) groups is 1. The van der Waals surface area contributed by atoms with Gasteiger partial charge in [0.05, 0.1) is 5.69 Å². The SMILES string of the molecule is O=C(NC[C@H]1CN(CC2CCOCC2)Cc2ccnn2C1)c1ccsc1. The van der Waals surface area contributed by atoms with Gasteiger partial charge in [-0.1, -0.05) is 0 Å². The molecule has 1 fully saturated rings. The first-order valence-corrected chi connectivity index (χ1v) is 10.3. The van der Waals surface area contributed by atoms with Crippen LogP contribution in [0.4, 0.5) is 0 Å². The Morgan fingerprint density at radius 2 is 2.15 bits per heavy atom. The van der Waals surface area contributed by atoms with Gasteiger partial charge in [-0.15, -0.1) is 0 Å². The van der Waals surface area contributed by atoms with Crippen molar-refractivity contribution < 1.29 is 9.53 Å². The largest absolute Gasteiger partial charge is 0.381 e. The van der Waals surface area contributed by atoms with E-state index in [9.17, 15) is 4.79 Å². The van der Waals surface area contributed by atoms with Crippen LogP contribution in [-0.2, 0) is 17.8 Å². The number of fused-ring (bicyclic) bond motifs is 1. The molecule has 2 aliphatic heterocycles. The molecule has 0 radical (unpaired) electrons. The molecule has 4 rings (SSSR count). The van der Waals surface area contributed by atoms with Crippen LogP contribution in [0.2, 0.25) is 0 Å². The van der Waals surface area contributed by atoms with Gasteiger partial charge in [0.2, 0.25) is 0 Å². The summed E-state index contributed by atoms with van der Waals surface area (Å²) in [5.74, 6) is 1.09. The number of ether oxygens (including phenoxy) is 1. The Bertz CT molecular complexity index is 709. The van der Waals surface area contributed by atoms with Crippen LogP contribution >= 0.6 is 11.3 Å². The first-order chi connectivity index (χ1) is 12.8. The summed E-state index contributed by atoms with van der Waals surface area (Å²) in [5, 5.41) is 11.4. The molecule has 0 bridgehead atoms. The molecule has 26 heavy (non-hydrogen) atoms. The maximum absolute atomic E-state index is 12.3. The number of rotatable bonds is 5. The molecule has 140 valence electrons. The number of hydrogen-bond donors (Lipinski definition) is 1. The fourth-order valence-electron chi connectivity index (χ4n) is 3.91. The summed E-state index contributed by atoms with van der Waals surface area (Å²) >= 11 is 1.55. The number of nitrogens with zero attached hydrogens (tertiary/aromatic N) is 3. The second kappa shape index (κ2) is 8.33. The molecule has 0 aromatic carbocycles. The van der Waals surface area contributed by atoms with Gasteiger partial charge in [-0.25, -0.2) is 0 Å². The van der Waals surface area contributed by atoms with Gasteiger partial charge >= 0.3 is 0 Å². The minimum Gasteiger partial charge on any atom is -0.381 e. The first kappa shape index (κ1) is 17.7. The highest BCUT2D eigenvalue weighted by Crippen LogP contribution is 2.21. The third-order valence-corrected chi connectivity index (χ3v) is 6.01. The summed E-state index contributed by atoms with van der Waals surface area (Å²) < 4.78 is 7.60. The third-order valence-electron chi connectivity index (χ3n) is 5.33. The summed E-state index contributed by atoms with van der Waals surface area (Å²) in [6.07, 6.45) is 4.18. The molecule has 4 heterocycles. The van der Waals surface area contributed by atoms with E-state index in [1.807, 2.05) is 23.0 Å². The lowest BCUT2D eigenvalue weighted by Crippen LogP contribution is -2.39. The Hall–Kier alpha value is -1.70. The van der Waals surface area contributed by atoms with E-state index in [0.29, 0.717) is 18.4 Å². The van der Waals surface area contributed by atoms with Crippen LogP contribution in [-0.4, -0.2) is 53.4 Å². The topological polar surface area (TPSA) is 59.4 Å². The quantitative estimate of drug-likeness (QED) is 0.872. The van der Waals surface area contributed by atoms with Gasteiger partial charge in [-0.05, 0) is 36.3 Å². The van der Waals surface area contributed by atoms with E-state index in [1.165, 1.54) is 5.69 Å². The van der Waals surface area contributed by atoms with Crippen molar-refractivity contribution in [1.29, 1.82) is 0 Å². The standard InChI is InChI=1S/C19H26N4O2S/c24-19(17-4-8-26-14-17)20-9-16-11-22(10-15-2-6-25-7-3-15)13-18-1-5-21-23(18)12-16/h1,4-5,8,14-16H,2-3,6-7,9-13H2,(H,20,24)/t16-/m0/s1. The third kappa shape index (κ3) is 4.34. The normalized spacial score (nSPS) is 21.9. The average molecular weight is 375 g/mol. The molecule has 1 atom stereocenters. The smallest absolute Gasteiger partial charge is 0.252 e. The Kier molecular flexibility index (Phi) is 5.67. The minimum absolute atomic E-state index is 0.0205. The maximum atomic E-state index is 12.3. The molecular formula is C19H26N4O2S. The molecule has 7 heteroatoms. The van der Waals surface area contributed by atoms with Crippen molar-refractivity contribution in [2.24, 2.45) is 11.8 Å². The number of thiophene rings is 1. The van der Waals surface area contributed by atoms with Crippen molar-refractivity contribution in [2.75, 3.05) is 32.8 Å². The van der Waals surface area contributed by atoms with E-state index >= 15 is 0 Å². The van der Waals surface area contributed by atoms with Crippen LogP contribution in [0.25, 0.3) is 0 Å². The molecule has 1 amide bonds. The molecule has 0 spiro atoms. The fourth-order valence-corrected chi connectivity index (χ4v) is 4.55. The Balaban J connectivity index is 1.39. The zero-order chi connectivity index (χ0) is 17.8. The predicted molar refractivity (Wildman–Crippen MR) is 101 cm³/mol. The van der Waals surface area contributed by atoms with Gasteiger partial charge in [0.1, 0.15) is 0 Å². The number of nitrogens with one attached hydrogen (secondary N) is 1. The van der Waals surface area contributed by atoms with Gasteiger partial charge in [-0.2, -0.15) is 16.4 Å². The summed E-state index contributed by atoms with van der Waals surface area (Å²) in [6, 6.07) is 3.99. The van der Waals surface area contributed by atoms with Crippen LogP contribution in [0, 0.1) is 11.8 Å². The van der Waals surface area contributed by atoms with E-state index in [2.05, 4.69) is 26.1 Å². The molecule has 0 unspecified atom stereocenters. The molecule has 1 N–H and O–H groups in total. The lowest BCUT2D eigenvalue weighted by Gasteiger charge is -2.30. The Labute approximate surface area is 158 Å². The van der Waals surface area contributed by atoms with Crippen molar-refractivity contribution in [3.05, 3.63) is 40.3 Å². The molecule has 6 nitrogen and oxygen atoms in total. The highest BCUT2D eigenvalue weighted by atomic mass is 32.1. The van der Waals surface area contributed by atoms with Gasteiger partial charge < -0.3 is 10.1 Å². The minimum atomic E-state index is 0.0205. The average Bonchev–Trinajstić information content (AvgIpc) is 3.30. The second-order valence-corrected chi connectivity index (χ2v) is 8.12. The summed E-state index contributed by atoms with van der Waals surface area (Å²) in [5.41, 5.74) is 2.02. The highest BCUT2D eigenvalue weighted by Gasteiger charge is 2.25. The number of amides is 1. The van der Waals surface area contributed by atoms with E-state index in [4.69, 9.17) is 4.74 Å². The summed E-state index contributed by atoms with van der Waals surface area (Å²) in [6.45, 7) is 6.34. The number of hydrogen-bond acceptors (Lipinski definition) is 5.